The fraction of sp³-hybridized carbons (Fsp3) is 0.462. The first-order chi connectivity index (χ1) is 9.01. The third-order valence-corrected chi connectivity index (χ3v) is 3.03. The molecule has 1 fully saturated rings. The lowest BCUT2D eigenvalue weighted by atomic mass is 10.0. The fourth-order valence-electron chi connectivity index (χ4n) is 1.94. The van der Waals surface area contributed by atoms with Crippen LogP contribution in [0.15, 0.2) is 24.3 Å². The van der Waals surface area contributed by atoms with Gasteiger partial charge < -0.3 is 14.9 Å². The van der Waals surface area contributed by atoms with Crippen molar-refractivity contribution in [3.8, 4) is 5.75 Å². The predicted molar refractivity (Wildman–Crippen MR) is 64.9 cm³/mol. The molecular formula is C13H15F3O4. The van der Waals surface area contributed by atoms with E-state index in [0.29, 0.717) is 5.92 Å². The highest BCUT2D eigenvalue weighted by molar-refractivity contribution is 5.53. The van der Waals surface area contributed by atoms with Gasteiger partial charge in [0.15, 0.2) is 0 Å². The minimum Gasteiger partial charge on any atom is -0.450 e. The molecule has 2 rings (SSSR count). The van der Waals surface area contributed by atoms with Crippen LogP contribution < -0.4 is 4.74 Å². The number of carboxylic acid groups (broad SMARTS) is 2. The van der Waals surface area contributed by atoms with Crippen molar-refractivity contribution < 1.29 is 32.9 Å². The molecule has 0 aliphatic heterocycles. The first-order valence-corrected chi connectivity index (χ1v) is 5.79. The summed E-state index contributed by atoms with van der Waals surface area (Å²) in [5.41, 5.74) is 1.37. The molecule has 4 nitrogen and oxygen atoms in total. The highest BCUT2D eigenvalue weighted by atomic mass is 19.4. The van der Waals surface area contributed by atoms with E-state index in [1.165, 1.54) is 12.1 Å². The smallest absolute Gasteiger partial charge is 0.450 e. The Morgan fingerprint density at radius 1 is 1.25 bits per heavy atom. The van der Waals surface area contributed by atoms with Crippen molar-refractivity contribution in [2.24, 2.45) is 5.41 Å². The van der Waals surface area contributed by atoms with Crippen molar-refractivity contribution in [3.63, 3.8) is 0 Å². The monoisotopic (exact) mass is 292 g/mol. The standard InChI is InChI=1S/C12H13F3O.CH2O3/c1-11(2)7-10(11)8-3-5-9(6-4-8)16-12(13,14)15;2-1(3)4/h3-6,10H,7H2,1-2H3;(H2,2,3,4). The largest absolute Gasteiger partial charge is 0.573 e. The second-order valence-electron chi connectivity index (χ2n) is 5.14. The van der Waals surface area contributed by atoms with E-state index in [9.17, 15) is 13.2 Å². The van der Waals surface area contributed by atoms with Gasteiger partial charge in [0, 0.05) is 0 Å². The van der Waals surface area contributed by atoms with Gasteiger partial charge >= 0.3 is 12.5 Å². The molecule has 1 atom stereocenters. The Hall–Kier alpha value is -1.92. The molecule has 1 aromatic rings. The number of rotatable bonds is 2. The van der Waals surface area contributed by atoms with Crippen molar-refractivity contribution in [2.45, 2.75) is 32.5 Å². The molecular weight excluding hydrogens is 277 g/mol. The highest BCUT2D eigenvalue weighted by Crippen LogP contribution is 2.58. The first-order valence-electron chi connectivity index (χ1n) is 5.79. The summed E-state index contributed by atoms with van der Waals surface area (Å²) in [6, 6.07) is 6.16. The number of alkyl halides is 3. The van der Waals surface area contributed by atoms with Crippen LogP contribution in [0.4, 0.5) is 18.0 Å². The first kappa shape index (κ1) is 16.1. The van der Waals surface area contributed by atoms with Crippen LogP contribution in [0.2, 0.25) is 0 Å². The maximum atomic E-state index is 11.9. The lowest BCUT2D eigenvalue weighted by Gasteiger charge is -2.09. The van der Waals surface area contributed by atoms with Crippen LogP contribution >= 0.6 is 0 Å². The zero-order valence-electron chi connectivity index (χ0n) is 10.9. The van der Waals surface area contributed by atoms with E-state index in [4.69, 9.17) is 15.0 Å². The number of benzene rings is 1. The van der Waals surface area contributed by atoms with Crippen molar-refractivity contribution in [3.05, 3.63) is 29.8 Å². The van der Waals surface area contributed by atoms with Gasteiger partial charge in [-0.15, -0.1) is 13.2 Å². The van der Waals surface area contributed by atoms with Crippen LogP contribution in [-0.4, -0.2) is 22.7 Å². The van der Waals surface area contributed by atoms with E-state index >= 15 is 0 Å². The number of ether oxygens (including phenoxy) is 1. The van der Waals surface area contributed by atoms with E-state index in [1.54, 1.807) is 12.1 Å². The molecule has 0 spiro atoms. The third kappa shape index (κ3) is 5.38. The van der Waals surface area contributed by atoms with Gasteiger partial charge in [-0.05, 0) is 35.4 Å². The Morgan fingerprint density at radius 3 is 1.95 bits per heavy atom. The summed E-state index contributed by atoms with van der Waals surface area (Å²) in [5.74, 6) is 0.308. The quantitative estimate of drug-likeness (QED) is 0.851. The van der Waals surface area contributed by atoms with Crippen LogP contribution in [0.3, 0.4) is 0 Å². The normalized spacial score (nSPS) is 19.6. The minimum atomic E-state index is -4.61. The predicted octanol–water partition coefficient (Wildman–Crippen LogP) is 4.32. The summed E-state index contributed by atoms with van der Waals surface area (Å²) in [5, 5.41) is 13.9. The van der Waals surface area contributed by atoms with Gasteiger partial charge in [-0.3, -0.25) is 0 Å². The summed E-state index contributed by atoms with van der Waals surface area (Å²) in [4.78, 5) is 8.56. The van der Waals surface area contributed by atoms with Gasteiger partial charge in [0.1, 0.15) is 5.75 Å². The Kier molecular flexibility index (Phi) is 4.52. The minimum absolute atomic E-state index is 0.158. The number of hydrogen-bond acceptors (Lipinski definition) is 2. The zero-order chi connectivity index (χ0) is 15.6. The van der Waals surface area contributed by atoms with Gasteiger partial charge in [0.25, 0.3) is 0 Å². The highest BCUT2D eigenvalue weighted by Gasteiger charge is 2.46. The Labute approximate surface area is 113 Å². The maximum Gasteiger partial charge on any atom is 0.573 e. The molecule has 0 bridgehead atoms. The lowest BCUT2D eigenvalue weighted by molar-refractivity contribution is -0.274. The molecule has 20 heavy (non-hydrogen) atoms. The molecule has 0 saturated heterocycles. The second-order valence-corrected chi connectivity index (χ2v) is 5.14. The van der Waals surface area contributed by atoms with Gasteiger partial charge in [0.2, 0.25) is 0 Å². The Balaban J connectivity index is 0.000000444. The van der Waals surface area contributed by atoms with E-state index in [-0.39, 0.29) is 11.2 Å². The summed E-state index contributed by atoms with van der Waals surface area (Å²) in [6.45, 7) is 4.30. The van der Waals surface area contributed by atoms with E-state index < -0.39 is 12.5 Å². The number of hydrogen-bond donors (Lipinski definition) is 2. The Bertz CT molecular complexity index is 461. The SMILES string of the molecule is CC1(C)CC1c1ccc(OC(F)(F)F)cc1.O=C(O)O. The molecule has 0 radical (unpaired) electrons. The van der Waals surface area contributed by atoms with Crippen LogP contribution in [0, 0.1) is 5.41 Å². The summed E-state index contributed by atoms with van der Waals surface area (Å²) >= 11 is 0. The average Bonchev–Trinajstić information content (AvgIpc) is 2.85. The molecule has 0 amide bonds. The van der Waals surface area contributed by atoms with Gasteiger partial charge in [0.05, 0.1) is 0 Å². The number of carbonyl (C=O) groups is 1. The molecule has 112 valence electrons. The second kappa shape index (κ2) is 5.60. The number of halogens is 3. The topological polar surface area (TPSA) is 66.8 Å². The molecule has 1 aromatic carbocycles. The van der Waals surface area contributed by atoms with Crippen molar-refractivity contribution >= 4 is 6.16 Å². The fourth-order valence-corrected chi connectivity index (χ4v) is 1.94. The zero-order valence-corrected chi connectivity index (χ0v) is 10.9. The van der Waals surface area contributed by atoms with Crippen LogP contribution in [0.25, 0.3) is 0 Å². The van der Waals surface area contributed by atoms with Crippen molar-refractivity contribution in [1.29, 1.82) is 0 Å². The van der Waals surface area contributed by atoms with Crippen LogP contribution in [-0.2, 0) is 0 Å². The van der Waals surface area contributed by atoms with E-state index in [2.05, 4.69) is 18.6 Å². The van der Waals surface area contributed by atoms with Gasteiger partial charge in [-0.1, -0.05) is 26.0 Å². The molecule has 0 aromatic heterocycles. The molecule has 1 unspecified atom stereocenters. The van der Waals surface area contributed by atoms with Gasteiger partial charge in [-0.2, -0.15) is 0 Å². The molecule has 1 aliphatic rings. The summed E-state index contributed by atoms with van der Waals surface area (Å²) < 4.78 is 39.5. The van der Waals surface area contributed by atoms with Gasteiger partial charge in [-0.25, -0.2) is 4.79 Å². The van der Waals surface area contributed by atoms with Crippen LogP contribution in [0.5, 0.6) is 5.75 Å². The average molecular weight is 292 g/mol. The Morgan fingerprint density at radius 2 is 1.65 bits per heavy atom. The van der Waals surface area contributed by atoms with E-state index in [1.807, 2.05) is 0 Å². The molecule has 0 heterocycles. The molecule has 1 saturated carbocycles. The van der Waals surface area contributed by atoms with Crippen molar-refractivity contribution in [1.82, 2.24) is 0 Å². The molecule has 2 N–H and O–H groups in total. The molecule has 1 aliphatic carbocycles. The van der Waals surface area contributed by atoms with Crippen molar-refractivity contribution in [2.75, 3.05) is 0 Å². The lowest BCUT2D eigenvalue weighted by Crippen LogP contribution is -2.17. The maximum absolute atomic E-state index is 11.9. The van der Waals surface area contributed by atoms with Crippen LogP contribution in [0.1, 0.15) is 31.7 Å². The summed E-state index contributed by atoms with van der Waals surface area (Å²) in [7, 11) is 0. The molecule has 7 heteroatoms. The summed E-state index contributed by atoms with van der Waals surface area (Å²) in [6.07, 6.45) is -5.35. The van der Waals surface area contributed by atoms with E-state index in [0.717, 1.165) is 12.0 Å². The third-order valence-electron chi connectivity index (χ3n) is 3.03.